The predicted octanol–water partition coefficient (Wildman–Crippen LogP) is 0.340. The molecular weight excluding hydrogens is 538 g/mol. The van der Waals surface area contributed by atoms with Gasteiger partial charge in [0.05, 0.1) is 40.5 Å². The molecule has 0 atom stereocenters. The molecule has 2 N–H and O–H groups in total. The number of halogens is 1. The van der Waals surface area contributed by atoms with E-state index in [2.05, 4.69) is 18.9 Å². The van der Waals surface area contributed by atoms with E-state index in [0.717, 1.165) is 0 Å². The van der Waals surface area contributed by atoms with Gasteiger partial charge in [0.1, 0.15) is 52.7 Å². The molecule has 0 aromatic carbocycles. The van der Waals surface area contributed by atoms with Crippen molar-refractivity contribution in [1.29, 1.82) is 0 Å². The van der Waals surface area contributed by atoms with Gasteiger partial charge in [0.15, 0.2) is 0 Å². The number of carbonyl (C=O) groups excluding carboxylic acids is 2. The van der Waals surface area contributed by atoms with Gasteiger partial charge in [0.25, 0.3) is 0 Å². The van der Waals surface area contributed by atoms with Crippen molar-refractivity contribution in [2.24, 2.45) is 0 Å². The minimum absolute atomic E-state index is 0. The molecule has 0 bridgehead atoms. The van der Waals surface area contributed by atoms with Gasteiger partial charge in [0.2, 0.25) is 0 Å². The minimum atomic E-state index is -1.46. The number of nitrogens with zero attached hydrogens (tertiary/aromatic N) is 1. The first kappa shape index (κ1) is 48.3. The van der Waals surface area contributed by atoms with Gasteiger partial charge in [-0.15, -0.1) is 0 Å². The Morgan fingerprint density at radius 2 is 0.763 bits per heavy atom. The molecule has 0 rings (SSSR count). The normalized spacial score (nSPS) is 9.32. The molecule has 16 heteroatoms. The maximum absolute atomic E-state index is 11.2. The van der Waals surface area contributed by atoms with Gasteiger partial charge in [-0.3, -0.25) is 0 Å². The summed E-state index contributed by atoms with van der Waals surface area (Å²) in [6.07, 6.45) is -4.79. The Hall–Kier alpha value is -2.75. The first-order chi connectivity index (χ1) is 15.6. The van der Waals surface area contributed by atoms with E-state index in [4.69, 9.17) is 29.2 Å². The van der Waals surface area contributed by atoms with Crippen molar-refractivity contribution in [2.45, 2.75) is 29.7 Å². The van der Waals surface area contributed by atoms with Crippen LogP contribution in [0.15, 0.2) is 0 Å². The molecule has 0 radical (unpaired) electrons. The van der Waals surface area contributed by atoms with E-state index >= 15 is 0 Å². The molecule has 0 saturated heterocycles. The molecule has 0 amide bonds. The van der Waals surface area contributed by atoms with Crippen LogP contribution in [0.25, 0.3) is 0 Å². The minimum Gasteiger partial charge on any atom is -1.00 e. The Morgan fingerprint density at radius 3 is 1.05 bits per heavy atom. The number of carbonyl (C=O) groups is 4. The molecule has 0 aromatic rings. The van der Waals surface area contributed by atoms with E-state index in [0.29, 0.717) is 30.8 Å². The molecule has 0 unspecified atom stereocenters. The zero-order chi connectivity index (χ0) is 25.0. The Morgan fingerprint density at radius 1 is 0.500 bits per heavy atom. The largest absolute Gasteiger partial charge is 1.00 e. The average Bonchev–Trinajstić information content (AvgIpc) is 2.73. The van der Waals surface area contributed by atoms with E-state index in [-0.39, 0.29) is 95.0 Å². The standard InChI is InChI=1S/C18H31NO14.4CH4.ClH/c1-19(2,3-5-26-7-9-30-17(24)32-13-11-28-15(20)21)4-6-27-8-10-31-18(25)33-14-12-29-16(22)23;;;;;/h3-14H2,1-2H3,(H-,20,21,22,23);4*1H4;1H. The number of ether oxygens (including phenoxy) is 8. The van der Waals surface area contributed by atoms with Crippen LogP contribution in [0.4, 0.5) is 19.2 Å². The maximum atomic E-state index is 11.2. The Balaban J connectivity index is -0.000000512. The number of carboxylic acid groups (broad SMARTS) is 2. The number of likely N-dealkylation sites (N-methyl/N-ethyl adjacent to an activating group) is 1. The van der Waals surface area contributed by atoms with E-state index in [1.54, 1.807) is 0 Å². The van der Waals surface area contributed by atoms with Crippen molar-refractivity contribution in [3.63, 3.8) is 0 Å². The fourth-order valence-corrected chi connectivity index (χ4v) is 1.90. The fourth-order valence-electron chi connectivity index (χ4n) is 1.90. The third kappa shape index (κ3) is 35.4. The van der Waals surface area contributed by atoms with Crippen LogP contribution in [-0.4, -0.2) is 133 Å². The average molecular weight is 586 g/mol. The first-order valence-electron chi connectivity index (χ1n) is 9.90. The van der Waals surface area contributed by atoms with E-state index < -0.39 is 24.6 Å². The van der Waals surface area contributed by atoms with Gasteiger partial charge in [0, 0.05) is 0 Å². The second-order valence-electron chi connectivity index (χ2n) is 6.73. The lowest BCUT2D eigenvalue weighted by Gasteiger charge is -2.29. The van der Waals surface area contributed by atoms with Crippen molar-refractivity contribution >= 4 is 24.6 Å². The summed E-state index contributed by atoms with van der Waals surface area (Å²) in [7, 11) is 3.96. The van der Waals surface area contributed by atoms with Gasteiger partial charge in [-0.2, -0.15) is 0 Å². The van der Waals surface area contributed by atoms with E-state index in [1.807, 2.05) is 14.1 Å². The van der Waals surface area contributed by atoms with Crippen LogP contribution >= 0.6 is 0 Å². The molecule has 0 spiro atoms. The Bertz CT molecular complexity index is 544. The second-order valence-corrected chi connectivity index (χ2v) is 6.73. The van der Waals surface area contributed by atoms with Gasteiger partial charge < -0.3 is 65.0 Å². The lowest BCUT2D eigenvalue weighted by atomic mass is 10.4. The highest BCUT2D eigenvalue weighted by Gasteiger charge is 2.15. The molecule has 0 aliphatic rings. The molecule has 0 aromatic heterocycles. The molecule has 0 saturated carbocycles. The third-order valence-electron chi connectivity index (χ3n) is 3.63. The van der Waals surface area contributed by atoms with Gasteiger partial charge in [-0.1, -0.05) is 29.7 Å². The molecule has 0 fully saturated rings. The first-order valence-corrected chi connectivity index (χ1v) is 9.90. The van der Waals surface area contributed by atoms with Crippen LogP contribution in [0.5, 0.6) is 0 Å². The summed E-state index contributed by atoms with van der Waals surface area (Å²) in [5, 5.41) is 16.5. The smallest absolute Gasteiger partial charge is 0.508 e. The van der Waals surface area contributed by atoms with Crippen molar-refractivity contribution in [3.8, 4) is 0 Å². The van der Waals surface area contributed by atoms with Crippen LogP contribution in [0.1, 0.15) is 29.7 Å². The highest BCUT2D eigenvalue weighted by molar-refractivity contribution is 5.60. The highest BCUT2D eigenvalue weighted by Crippen LogP contribution is 1.98. The summed E-state index contributed by atoms with van der Waals surface area (Å²) in [6, 6.07) is 0. The zero-order valence-electron chi connectivity index (χ0n) is 19.1. The summed E-state index contributed by atoms with van der Waals surface area (Å²) in [4.78, 5) is 42.6. The summed E-state index contributed by atoms with van der Waals surface area (Å²) in [5.41, 5.74) is 0. The van der Waals surface area contributed by atoms with E-state index in [9.17, 15) is 19.2 Å². The molecule has 232 valence electrons. The van der Waals surface area contributed by atoms with Crippen molar-refractivity contribution in [1.82, 2.24) is 0 Å². The summed E-state index contributed by atoms with van der Waals surface area (Å²) in [6.45, 7) is 1.47. The second kappa shape index (κ2) is 30.5. The van der Waals surface area contributed by atoms with Crippen LogP contribution in [0.2, 0.25) is 0 Å². The number of rotatable bonds is 18. The summed E-state index contributed by atoms with van der Waals surface area (Å²) < 4.78 is 38.4. The number of hydrogen-bond acceptors (Lipinski definition) is 12. The SMILES string of the molecule is C.C.C.C.C[N+](C)(CCOCCOC(=O)OCCOC(=O)O)CCOCCOC(=O)OCCOC(=O)O.[Cl-]. The zero-order valence-corrected chi connectivity index (χ0v) is 19.9. The lowest BCUT2D eigenvalue weighted by molar-refractivity contribution is -0.891. The molecule has 38 heavy (non-hydrogen) atoms. The van der Waals surface area contributed by atoms with Crippen molar-refractivity contribution in [3.05, 3.63) is 0 Å². The molecule has 0 heterocycles. The van der Waals surface area contributed by atoms with Crippen LogP contribution in [0, 0.1) is 0 Å². The van der Waals surface area contributed by atoms with Crippen molar-refractivity contribution in [2.75, 3.05) is 93.3 Å². The van der Waals surface area contributed by atoms with Crippen LogP contribution < -0.4 is 12.4 Å². The monoisotopic (exact) mass is 585 g/mol. The molecule has 0 aliphatic carbocycles. The fraction of sp³-hybridized carbons (Fsp3) is 0.818. The Labute approximate surface area is 232 Å². The number of hydrogen-bond donors (Lipinski definition) is 2. The van der Waals surface area contributed by atoms with Gasteiger partial charge >= 0.3 is 24.6 Å². The summed E-state index contributed by atoms with van der Waals surface area (Å²) >= 11 is 0. The predicted molar refractivity (Wildman–Crippen MR) is 133 cm³/mol. The molecular formula is C22H48ClNO14. The molecule has 0 aliphatic heterocycles. The van der Waals surface area contributed by atoms with Crippen molar-refractivity contribution < 1.29 is 84.2 Å². The van der Waals surface area contributed by atoms with Gasteiger partial charge in [-0.05, 0) is 0 Å². The number of quaternary nitrogens is 1. The van der Waals surface area contributed by atoms with Gasteiger partial charge in [-0.25, -0.2) is 19.2 Å². The third-order valence-corrected chi connectivity index (χ3v) is 3.63. The maximum Gasteiger partial charge on any atom is 0.508 e. The topological polar surface area (TPSA) is 183 Å². The van der Waals surface area contributed by atoms with Crippen LogP contribution in [0.3, 0.4) is 0 Å². The lowest BCUT2D eigenvalue weighted by Crippen LogP contribution is -3.00. The highest BCUT2D eigenvalue weighted by atomic mass is 35.5. The molecule has 15 nitrogen and oxygen atoms in total. The summed E-state index contributed by atoms with van der Waals surface area (Å²) in [5.74, 6) is 0. The Kier molecular flexibility index (Phi) is 38.8. The van der Waals surface area contributed by atoms with E-state index in [1.165, 1.54) is 0 Å². The quantitative estimate of drug-likeness (QED) is 0.0971. The van der Waals surface area contributed by atoms with Crippen LogP contribution in [-0.2, 0) is 37.9 Å².